The number of likely N-dealkylation sites (tertiary alicyclic amines) is 1. The van der Waals surface area contributed by atoms with Gasteiger partial charge in [-0.1, -0.05) is 24.3 Å². The first-order valence-electron chi connectivity index (χ1n) is 12.9. The molecule has 9 nitrogen and oxygen atoms in total. The van der Waals surface area contributed by atoms with Crippen LogP contribution in [0.15, 0.2) is 66.6 Å². The molecule has 39 heavy (non-hydrogen) atoms. The van der Waals surface area contributed by atoms with Gasteiger partial charge in [-0.25, -0.2) is 23.9 Å². The summed E-state index contributed by atoms with van der Waals surface area (Å²) in [7, 11) is 0. The van der Waals surface area contributed by atoms with Gasteiger partial charge < -0.3 is 15.4 Å². The lowest BCUT2D eigenvalue weighted by atomic mass is 10.1. The molecule has 1 amide bonds. The van der Waals surface area contributed by atoms with Gasteiger partial charge in [0.05, 0.1) is 18.0 Å². The second-order valence-electron chi connectivity index (χ2n) is 9.86. The highest BCUT2D eigenvalue weighted by Gasteiger charge is 2.31. The number of rotatable bonds is 6. The Balaban J connectivity index is 1.33. The van der Waals surface area contributed by atoms with Crippen LogP contribution in [0.4, 0.5) is 10.2 Å². The summed E-state index contributed by atoms with van der Waals surface area (Å²) < 4.78 is 23.0. The van der Waals surface area contributed by atoms with E-state index in [9.17, 15) is 4.79 Å². The van der Waals surface area contributed by atoms with E-state index in [1.54, 1.807) is 39.9 Å². The monoisotopic (exact) mass is 523 g/mol. The van der Waals surface area contributed by atoms with E-state index in [1.807, 2.05) is 18.2 Å². The van der Waals surface area contributed by atoms with Crippen LogP contribution in [-0.2, 0) is 4.79 Å². The molecule has 4 aromatic rings. The molecule has 0 unspecified atom stereocenters. The van der Waals surface area contributed by atoms with Crippen LogP contribution in [0.3, 0.4) is 0 Å². The number of hydrogen-bond donors (Lipinski definition) is 1. The average molecular weight is 524 g/mol. The molecule has 0 bridgehead atoms. The molecule has 10 heteroatoms. The van der Waals surface area contributed by atoms with E-state index in [0.717, 1.165) is 25.7 Å². The summed E-state index contributed by atoms with van der Waals surface area (Å²) in [4.78, 5) is 26.9. The largest absolute Gasteiger partial charge is 0.457 e. The number of nitrogen functional groups attached to an aromatic ring is 1. The Kier molecular flexibility index (Phi) is 6.40. The summed E-state index contributed by atoms with van der Waals surface area (Å²) in [6, 6.07) is 13.5. The molecule has 0 spiro atoms. The van der Waals surface area contributed by atoms with Gasteiger partial charge in [0, 0.05) is 24.7 Å². The van der Waals surface area contributed by atoms with E-state index in [0.29, 0.717) is 47.2 Å². The summed E-state index contributed by atoms with van der Waals surface area (Å²) >= 11 is 0. The van der Waals surface area contributed by atoms with E-state index >= 15 is 4.39 Å². The van der Waals surface area contributed by atoms with Gasteiger partial charge in [0.25, 0.3) is 5.91 Å². The number of fused-ring (bicyclic) bond motifs is 1. The number of amides is 1. The molecule has 1 aliphatic carbocycles. The molecule has 196 valence electrons. The summed E-state index contributed by atoms with van der Waals surface area (Å²) in [5, 5.41) is 5.23. The van der Waals surface area contributed by atoms with Gasteiger partial charge in [0.15, 0.2) is 5.65 Å². The number of carbonyl (C=O) groups excluding carboxylic acids is 1. The standard InChI is InChI=1S/C29H26FN7O2/c1-32-24(14-18-9-10-18)29(38)36-13-5-6-19(16-36)37-28-25(27(31)33-17-34-28)26(35-37)22-12-11-21(15-23(22)30)39-20-7-3-2-4-8-20/h2-4,7-8,11-12,14-15,17-19H,5-6,9-10,13,16H2,(H2,31,33,34)/b24-14+/t19-/m1/s1. The highest BCUT2D eigenvalue weighted by molar-refractivity contribution is 5.98. The average Bonchev–Trinajstić information content (AvgIpc) is 3.70. The second kappa shape index (κ2) is 10.2. The fourth-order valence-electron chi connectivity index (χ4n) is 4.96. The predicted octanol–water partition coefficient (Wildman–Crippen LogP) is 5.38. The minimum Gasteiger partial charge on any atom is -0.457 e. The van der Waals surface area contributed by atoms with Crippen molar-refractivity contribution in [2.24, 2.45) is 5.92 Å². The number of piperidine rings is 1. The van der Waals surface area contributed by atoms with Gasteiger partial charge in [0.2, 0.25) is 5.70 Å². The molecule has 2 N–H and O–H groups in total. The highest BCUT2D eigenvalue weighted by Crippen LogP contribution is 2.37. The number of ether oxygens (including phenoxy) is 1. The molecule has 1 saturated carbocycles. The van der Waals surface area contributed by atoms with Crippen molar-refractivity contribution >= 4 is 22.8 Å². The number of nitrogens with two attached hydrogens (primary N) is 1. The van der Waals surface area contributed by atoms with Gasteiger partial charge in [-0.3, -0.25) is 4.79 Å². The second-order valence-corrected chi connectivity index (χ2v) is 9.86. The quantitative estimate of drug-likeness (QED) is 0.269. The van der Waals surface area contributed by atoms with Crippen LogP contribution in [0.1, 0.15) is 31.7 Å². The van der Waals surface area contributed by atoms with Crippen LogP contribution < -0.4 is 10.5 Å². The number of para-hydroxylation sites is 1. The van der Waals surface area contributed by atoms with E-state index in [2.05, 4.69) is 14.8 Å². The maximum Gasteiger partial charge on any atom is 0.252 e. The Hall–Kier alpha value is -4.78. The van der Waals surface area contributed by atoms with E-state index < -0.39 is 5.82 Å². The molecule has 1 aliphatic heterocycles. The van der Waals surface area contributed by atoms with Crippen molar-refractivity contribution in [3.05, 3.63) is 83.9 Å². The van der Waals surface area contributed by atoms with Gasteiger partial charge in [-0.05, 0) is 55.9 Å². The smallest absolute Gasteiger partial charge is 0.252 e. The Morgan fingerprint density at radius 1 is 1.13 bits per heavy atom. The van der Waals surface area contributed by atoms with Gasteiger partial charge in [-0.2, -0.15) is 5.10 Å². The molecule has 1 saturated heterocycles. The zero-order valence-electron chi connectivity index (χ0n) is 21.1. The Bertz CT molecular complexity index is 1620. The third-order valence-electron chi connectivity index (χ3n) is 7.08. The normalized spacial score (nSPS) is 17.7. The number of benzene rings is 2. The zero-order chi connectivity index (χ0) is 26.9. The lowest BCUT2D eigenvalue weighted by Crippen LogP contribution is -2.41. The lowest BCUT2D eigenvalue weighted by Gasteiger charge is -2.33. The first-order chi connectivity index (χ1) is 19.0. The first kappa shape index (κ1) is 24.6. The summed E-state index contributed by atoms with van der Waals surface area (Å²) in [5.74, 6) is 0.693. The SMILES string of the molecule is [C-]#[N+]/C(=C/C1CC1)C(=O)N1CCC[C@@H](n2nc(-c3ccc(Oc4ccccc4)cc3F)c3c(N)ncnc32)C1. The number of halogens is 1. The number of aromatic nitrogens is 4. The molecule has 0 radical (unpaired) electrons. The van der Waals surface area contributed by atoms with Gasteiger partial charge in [0.1, 0.15) is 35.2 Å². The predicted molar refractivity (Wildman–Crippen MR) is 144 cm³/mol. The van der Waals surface area contributed by atoms with Crippen molar-refractivity contribution in [2.75, 3.05) is 18.8 Å². The zero-order valence-corrected chi connectivity index (χ0v) is 21.1. The van der Waals surface area contributed by atoms with E-state index in [4.69, 9.17) is 22.1 Å². The van der Waals surface area contributed by atoms with Crippen LogP contribution in [0, 0.1) is 18.3 Å². The number of nitrogens with zero attached hydrogens (tertiary/aromatic N) is 6. The van der Waals surface area contributed by atoms with Crippen LogP contribution in [0.5, 0.6) is 11.5 Å². The van der Waals surface area contributed by atoms with E-state index in [1.165, 1.54) is 12.4 Å². The minimum absolute atomic E-state index is 0.176. The van der Waals surface area contributed by atoms with Crippen molar-refractivity contribution in [1.29, 1.82) is 0 Å². The number of hydrogen-bond acceptors (Lipinski definition) is 6. The molecular formula is C29H26FN7O2. The third-order valence-corrected chi connectivity index (χ3v) is 7.08. The summed E-state index contributed by atoms with van der Waals surface area (Å²) in [5.41, 5.74) is 7.46. The van der Waals surface area contributed by atoms with Crippen molar-refractivity contribution in [2.45, 2.75) is 31.7 Å². The fourth-order valence-corrected chi connectivity index (χ4v) is 4.96. The molecular weight excluding hydrogens is 497 g/mol. The van der Waals surface area contributed by atoms with Crippen molar-refractivity contribution in [3.8, 4) is 22.8 Å². The lowest BCUT2D eigenvalue weighted by molar-refractivity contribution is -0.128. The molecule has 1 atom stereocenters. The number of anilines is 1. The van der Waals surface area contributed by atoms with Gasteiger partial charge >= 0.3 is 0 Å². The summed E-state index contributed by atoms with van der Waals surface area (Å²) in [6.07, 6.45) is 6.68. The Morgan fingerprint density at radius 3 is 2.69 bits per heavy atom. The maximum atomic E-state index is 15.5. The molecule has 2 aromatic heterocycles. The third kappa shape index (κ3) is 4.91. The molecule has 2 aliphatic rings. The number of allylic oxidation sites excluding steroid dienone is 1. The summed E-state index contributed by atoms with van der Waals surface area (Å²) in [6.45, 7) is 8.42. The topological polar surface area (TPSA) is 104 Å². The van der Waals surface area contributed by atoms with Crippen LogP contribution >= 0.6 is 0 Å². The van der Waals surface area contributed by atoms with Crippen molar-refractivity contribution < 1.29 is 13.9 Å². The van der Waals surface area contributed by atoms with E-state index in [-0.39, 0.29) is 29.0 Å². The minimum atomic E-state index is -0.523. The molecule has 6 rings (SSSR count). The van der Waals surface area contributed by atoms with Crippen LogP contribution in [-0.4, -0.2) is 43.6 Å². The van der Waals surface area contributed by atoms with Gasteiger partial charge in [-0.15, -0.1) is 0 Å². The first-order valence-corrected chi connectivity index (χ1v) is 12.9. The Labute approximate surface area is 224 Å². The number of carbonyl (C=O) groups is 1. The fraction of sp³-hybridized carbons (Fsp3) is 0.276. The molecule has 3 heterocycles. The van der Waals surface area contributed by atoms with Crippen molar-refractivity contribution in [1.82, 2.24) is 24.6 Å². The van der Waals surface area contributed by atoms with Crippen LogP contribution in [0.2, 0.25) is 0 Å². The highest BCUT2D eigenvalue weighted by atomic mass is 19.1. The maximum absolute atomic E-state index is 15.5. The molecule has 2 aromatic carbocycles. The van der Waals surface area contributed by atoms with Crippen LogP contribution in [0.25, 0.3) is 27.1 Å². The molecule has 2 fully saturated rings. The Morgan fingerprint density at radius 2 is 1.95 bits per heavy atom. The van der Waals surface area contributed by atoms with Crippen molar-refractivity contribution in [3.63, 3.8) is 0 Å².